The quantitative estimate of drug-likeness (QED) is 0.369. The van der Waals surface area contributed by atoms with Crippen LogP contribution in [0.2, 0.25) is 0 Å². The number of nitrogens with one attached hydrogen (secondary N) is 1. The molecule has 0 aliphatic carbocycles. The summed E-state index contributed by atoms with van der Waals surface area (Å²) in [5.74, 6) is 0. The first-order chi connectivity index (χ1) is 2.27. The summed E-state index contributed by atoms with van der Waals surface area (Å²) >= 11 is 5.18. The van der Waals surface area contributed by atoms with Crippen molar-refractivity contribution < 1.29 is 0 Å². The summed E-state index contributed by atoms with van der Waals surface area (Å²) in [6.07, 6.45) is 0. The van der Waals surface area contributed by atoms with Crippen molar-refractivity contribution in [2.24, 2.45) is 0 Å². The molecule has 0 spiro atoms. The van der Waals surface area contributed by atoms with Gasteiger partial charge in [0, 0.05) is 7.05 Å². The molecule has 0 saturated heterocycles. The lowest BCUT2D eigenvalue weighted by Crippen LogP contribution is -2.19. The molecule has 3 heteroatoms. The van der Waals surface area contributed by atoms with Crippen LogP contribution in [0.4, 0.5) is 0 Å². The van der Waals surface area contributed by atoms with Crippen LogP contribution in [0.5, 0.6) is 0 Å². The summed E-state index contributed by atoms with van der Waals surface area (Å²) in [6, 6.07) is 0. The van der Waals surface area contributed by atoms with Gasteiger partial charge in [-0.3, -0.25) is 0 Å². The normalized spacial score (nSPS) is 9.60. The minimum Gasteiger partial charge on any atom is -0.244 e. The Morgan fingerprint density at radius 2 is 2.00 bits per heavy atom. The van der Waals surface area contributed by atoms with Crippen molar-refractivity contribution in [2.45, 2.75) is 0 Å². The lowest BCUT2D eigenvalue weighted by atomic mass is 11.4. The standard InChI is InChI=1S/C2H7ClN2/c1-4-5(2)3/h4H,1-2H3. The lowest BCUT2D eigenvalue weighted by molar-refractivity contribution is 0.447. The van der Waals surface area contributed by atoms with Crippen molar-refractivity contribution in [1.29, 1.82) is 0 Å². The average Bonchev–Trinajstić information content (AvgIpc) is 1.38. The third-order valence-electron chi connectivity index (χ3n) is 0.308. The SMILES string of the molecule is CNN(C)Cl. The molecule has 0 aromatic carbocycles. The van der Waals surface area contributed by atoms with Crippen LogP contribution in [0.1, 0.15) is 0 Å². The third kappa shape index (κ3) is 4.21. The van der Waals surface area contributed by atoms with Crippen LogP contribution in [0.3, 0.4) is 0 Å². The summed E-state index contributed by atoms with van der Waals surface area (Å²) in [6.45, 7) is 0. The zero-order valence-corrected chi connectivity index (χ0v) is 4.08. The maximum Gasteiger partial charge on any atom is 0.0182 e. The molecule has 32 valence electrons. The fraction of sp³-hybridized carbons (Fsp3) is 1.00. The molecule has 1 N–H and O–H groups in total. The number of nitrogens with zero attached hydrogens (tertiary/aromatic N) is 1. The molecule has 0 fully saturated rings. The Bertz CT molecular complexity index is 21.6. The molecule has 0 rings (SSSR count). The van der Waals surface area contributed by atoms with E-state index in [0.29, 0.717) is 0 Å². The van der Waals surface area contributed by atoms with E-state index >= 15 is 0 Å². The first-order valence-corrected chi connectivity index (χ1v) is 1.68. The van der Waals surface area contributed by atoms with Crippen LogP contribution in [-0.2, 0) is 0 Å². The van der Waals surface area contributed by atoms with Gasteiger partial charge in [-0.1, -0.05) is 0 Å². The van der Waals surface area contributed by atoms with Crippen molar-refractivity contribution in [2.75, 3.05) is 14.1 Å². The maximum absolute atomic E-state index is 5.18. The molecule has 2 nitrogen and oxygen atoms in total. The molecule has 0 radical (unpaired) electrons. The van der Waals surface area contributed by atoms with Gasteiger partial charge >= 0.3 is 0 Å². The molecule has 0 heterocycles. The van der Waals surface area contributed by atoms with Crippen LogP contribution in [-0.4, -0.2) is 18.6 Å². The van der Waals surface area contributed by atoms with Crippen molar-refractivity contribution in [3.05, 3.63) is 0 Å². The molecule has 0 amide bonds. The zero-order chi connectivity index (χ0) is 4.28. The highest BCUT2D eigenvalue weighted by molar-refractivity contribution is 6.12. The molecular formula is C2H7ClN2. The highest BCUT2D eigenvalue weighted by Crippen LogP contribution is 1.71. The second-order valence-electron chi connectivity index (χ2n) is 0.701. The van der Waals surface area contributed by atoms with Crippen LogP contribution < -0.4 is 5.43 Å². The fourth-order valence-electron chi connectivity index (χ4n) is 0. The summed E-state index contributed by atoms with van der Waals surface area (Å²) in [7, 11) is 3.45. The summed E-state index contributed by atoms with van der Waals surface area (Å²) in [5, 5.41) is 0. The highest BCUT2D eigenvalue weighted by Gasteiger charge is 1.73. The molecule has 5 heavy (non-hydrogen) atoms. The van der Waals surface area contributed by atoms with E-state index in [1.165, 1.54) is 4.53 Å². The molecule has 0 atom stereocenters. The Kier molecular flexibility index (Phi) is 2.55. The lowest BCUT2D eigenvalue weighted by Gasteiger charge is -1.98. The molecule has 0 aromatic rings. The molecule has 0 bridgehead atoms. The summed E-state index contributed by atoms with van der Waals surface area (Å²) < 4.78 is 1.35. The van der Waals surface area contributed by atoms with Gasteiger partial charge in [-0.05, 0) is 18.8 Å². The largest absolute Gasteiger partial charge is 0.244 e. The number of halogens is 1. The van der Waals surface area contributed by atoms with Gasteiger partial charge in [-0.25, -0.2) is 5.43 Å². The van der Waals surface area contributed by atoms with Crippen molar-refractivity contribution in [1.82, 2.24) is 9.95 Å². The maximum atomic E-state index is 5.18. The van der Waals surface area contributed by atoms with E-state index in [-0.39, 0.29) is 0 Å². The summed E-state index contributed by atoms with van der Waals surface area (Å²) in [5.41, 5.74) is 2.63. The van der Waals surface area contributed by atoms with Gasteiger partial charge < -0.3 is 0 Å². The fourth-order valence-corrected chi connectivity index (χ4v) is 0. The van der Waals surface area contributed by atoms with Gasteiger partial charge in [-0.15, -0.1) is 0 Å². The van der Waals surface area contributed by atoms with Crippen LogP contribution in [0, 0.1) is 0 Å². The van der Waals surface area contributed by atoms with E-state index in [1.807, 2.05) is 0 Å². The second kappa shape index (κ2) is 2.45. The second-order valence-corrected chi connectivity index (χ2v) is 1.21. The van der Waals surface area contributed by atoms with Gasteiger partial charge in [0.1, 0.15) is 0 Å². The minimum atomic E-state index is 1.35. The Morgan fingerprint density at radius 3 is 2.00 bits per heavy atom. The van der Waals surface area contributed by atoms with E-state index in [2.05, 4.69) is 5.43 Å². The van der Waals surface area contributed by atoms with Gasteiger partial charge in [0.15, 0.2) is 0 Å². The molecule has 0 unspecified atom stereocenters. The number of hydrogen-bond donors (Lipinski definition) is 1. The van der Waals surface area contributed by atoms with E-state index in [1.54, 1.807) is 14.1 Å². The van der Waals surface area contributed by atoms with Gasteiger partial charge in [0.05, 0.1) is 0 Å². The van der Waals surface area contributed by atoms with Gasteiger partial charge in [0.2, 0.25) is 0 Å². The average molecular weight is 94.5 g/mol. The van der Waals surface area contributed by atoms with E-state index in [9.17, 15) is 0 Å². The molecule has 0 aromatic heterocycles. The smallest absolute Gasteiger partial charge is 0.0182 e. The topological polar surface area (TPSA) is 15.3 Å². The predicted octanol–water partition coefficient (Wildman–Crippen LogP) is 0.206. The van der Waals surface area contributed by atoms with Crippen LogP contribution in [0.15, 0.2) is 0 Å². The van der Waals surface area contributed by atoms with Crippen molar-refractivity contribution in [3.8, 4) is 0 Å². The monoisotopic (exact) mass is 94.0 g/mol. The number of hydrazine groups is 1. The van der Waals surface area contributed by atoms with Crippen molar-refractivity contribution >= 4 is 11.8 Å². The Labute approximate surface area is 36.8 Å². The third-order valence-corrected chi connectivity index (χ3v) is 0.477. The number of hydrogen-bond acceptors (Lipinski definition) is 2. The van der Waals surface area contributed by atoms with Crippen molar-refractivity contribution in [3.63, 3.8) is 0 Å². The van der Waals surface area contributed by atoms with Crippen LogP contribution in [0.25, 0.3) is 0 Å². The molecule has 0 saturated carbocycles. The first-order valence-electron chi connectivity index (χ1n) is 1.34. The highest BCUT2D eigenvalue weighted by atomic mass is 35.5. The zero-order valence-electron chi connectivity index (χ0n) is 3.33. The summed E-state index contributed by atoms with van der Waals surface area (Å²) in [4.78, 5) is 0. The predicted molar refractivity (Wildman–Crippen MR) is 22.7 cm³/mol. The molecule has 0 aliphatic heterocycles. The first kappa shape index (κ1) is 5.21. The Hall–Kier alpha value is 0.210. The number of rotatable bonds is 1. The minimum absolute atomic E-state index is 1.35. The van der Waals surface area contributed by atoms with E-state index < -0.39 is 0 Å². The van der Waals surface area contributed by atoms with Gasteiger partial charge in [0.25, 0.3) is 0 Å². The Morgan fingerprint density at radius 1 is 1.80 bits per heavy atom. The van der Waals surface area contributed by atoms with Crippen LogP contribution >= 0.6 is 11.8 Å². The molecular weight excluding hydrogens is 87.5 g/mol. The van der Waals surface area contributed by atoms with E-state index in [0.717, 1.165) is 0 Å². The molecule has 0 aliphatic rings. The Balaban J connectivity index is 2.54. The van der Waals surface area contributed by atoms with Gasteiger partial charge in [-0.2, -0.15) is 4.53 Å². The van der Waals surface area contributed by atoms with E-state index in [4.69, 9.17) is 11.8 Å².